The molecular formula is C11H27N. The molecule has 12 heavy (non-hydrogen) atoms. The Balaban J connectivity index is 0. The Kier molecular flexibility index (Phi) is 5.15. The fourth-order valence-corrected chi connectivity index (χ4v) is 0.866. The van der Waals surface area contributed by atoms with Crippen LogP contribution in [0.4, 0.5) is 0 Å². The second-order valence-corrected chi connectivity index (χ2v) is 5.48. The second-order valence-electron chi connectivity index (χ2n) is 5.48. The zero-order valence-corrected chi connectivity index (χ0v) is 9.08. The van der Waals surface area contributed by atoms with E-state index in [1.54, 1.807) is 0 Å². The van der Waals surface area contributed by atoms with Gasteiger partial charge in [-0.3, -0.25) is 0 Å². The topological polar surface area (TPSA) is 12.0 Å². The quantitative estimate of drug-likeness (QED) is 0.640. The molecule has 0 saturated carbocycles. The van der Waals surface area contributed by atoms with Crippen molar-refractivity contribution in [3.63, 3.8) is 0 Å². The summed E-state index contributed by atoms with van der Waals surface area (Å²) in [6, 6.07) is 0.558. The molecule has 0 aromatic heterocycles. The highest BCUT2D eigenvalue weighted by atomic mass is 15.0. The van der Waals surface area contributed by atoms with Crippen LogP contribution in [0.15, 0.2) is 0 Å². The lowest BCUT2D eigenvalue weighted by Gasteiger charge is -2.34. The van der Waals surface area contributed by atoms with Crippen LogP contribution in [0.25, 0.3) is 0 Å². The van der Waals surface area contributed by atoms with E-state index in [0.717, 1.165) is 0 Å². The molecule has 0 fully saturated rings. The van der Waals surface area contributed by atoms with Crippen molar-refractivity contribution in [2.45, 2.75) is 67.5 Å². The van der Waals surface area contributed by atoms with E-state index in [1.807, 2.05) is 0 Å². The first-order valence-electron chi connectivity index (χ1n) is 4.40. The molecule has 0 aliphatic carbocycles. The predicted molar refractivity (Wildman–Crippen MR) is 58.5 cm³/mol. The number of rotatable bonds is 1. The van der Waals surface area contributed by atoms with Crippen LogP contribution < -0.4 is 5.32 Å². The summed E-state index contributed by atoms with van der Waals surface area (Å²) in [6.45, 7) is 15.6. The van der Waals surface area contributed by atoms with Crippen molar-refractivity contribution in [1.29, 1.82) is 0 Å². The molecule has 1 unspecified atom stereocenters. The van der Waals surface area contributed by atoms with E-state index in [0.29, 0.717) is 11.5 Å². The summed E-state index contributed by atoms with van der Waals surface area (Å²) in [6.07, 6.45) is 0. The van der Waals surface area contributed by atoms with E-state index in [1.165, 1.54) is 0 Å². The molecule has 1 atom stereocenters. The van der Waals surface area contributed by atoms with Crippen LogP contribution in [0.1, 0.15) is 55.9 Å². The third-order valence-electron chi connectivity index (χ3n) is 1.95. The summed E-state index contributed by atoms with van der Waals surface area (Å²) in [5, 5.41) is 3.56. The maximum Gasteiger partial charge on any atom is 0.00992 e. The highest BCUT2D eigenvalue weighted by Gasteiger charge is 2.23. The highest BCUT2D eigenvalue weighted by Crippen LogP contribution is 2.20. The molecule has 0 aromatic rings. The molecule has 76 valence electrons. The van der Waals surface area contributed by atoms with Crippen LogP contribution in [-0.4, -0.2) is 11.6 Å². The molecule has 0 aromatic carbocycles. The lowest BCUT2D eigenvalue weighted by atomic mass is 9.86. The van der Waals surface area contributed by atoms with Crippen LogP contribution in [0.2, 0.25) is 0 Å². The summed E-state index contributed by atoms with van der Waals surface area (Å²) in [5.74, 6) is 0. The monoisotopic (exact) mass is 173 g/mol. The van der Waals surface area contributed by atoms with E-state index < -0.39 is 0 Å². The maximum absolute atomic E-state index is 3.56. The molecule has 0 spiro atoms. The van der Waals surface area contributed by atoms with Crippen molar-refractivity contribution in [3.8, 4) is 0 Å². The van der Waals surface area contributed by atoms with Gasteiger partial charge in [0.25, 0.3) is 0 Å². The summed E-state index contributed by atoms with van der Waals surface area (Å²) in [4.78, 5) is 0. The lowest BCUT2D eigenvalue weighted by molar-refractivity contribution is 0.235. The third-order valence-corrected chi connectivity index (χ3v) is 1.95. The minimum absolute atomic E-state index is 0. The van der Waals surface area contributed by atoms with Crippen molar-refractivity contribution in [1.82, 2.24) is 5.32 Å². The molecule has 1 heteroatoms. The Morgan fingerprint density at radius 3 is 1.33 bits per heavy atom. The molecule has 0 aliphatic heterocycles. The number of hydrogen-bond acceptors (Lipinski definition) is 1. The molecule has 0 amide bonds. The van der Waals surface area contributed by atoms with Crippen LogP contribution in [0.3, 0.4) is 0 Å². The fourth-order valence-electron chi connectivity index (χ4n) is 0.866. The van der Waals surface area contributed by atoms with Gasteiger partial charge in [0.15, 0.2) is 0 Å². The molecule has 0 radical (unpaired) electrons. The molecule has 0 aliphatic rings. The van der Waals surface area contributed by atoms with Crippen LogP contribution in [0.5, 0.6) is 0 Å². The average molecular weight is 173 g/mol. The van der Waals surface area contributed by atoms with Crippen LogP contribution >= 0.6 is 0 Å². The Morgan fingerprint density at radius 2 is 1.25 bits per heavy atom. The first-order valence-corrected chi connectivity index (χ1v) is 4.40. The maximum atomic E-state index is 3.56. The SMILES string of the molecule is C.CC(NC(C)(C)C)C(C)(C)C. The second kappa shape index (κ2) is 4.27. The molecular weight excluding hydrogens is 146 g/mol. The normalized spacial score (nSPS) is 15.2. The van der Waals surface area contributed by atoms with Crippen LogP contribution in [-0.2, 0) is 0 Å². The number of nitrogens with one attached hydrogen (secondary N) is 1. The zero-order valence-electron chi connectivity index (χ0n) is 9.08. The van der Waals surface area contributed by atoms with Crippen LogP contribution in [0, 0.1) is 5.41 Å². The minimum atomic E-state index is 0. The van der Waals surface area contributed by atoms with E-state index in [2.05, 4.69) is 53.8 Å². The number of hydrogen-bond donors (Lipinski definition) is 1. The van der Waals surface area contributed by atoms with E-state index >= 15 is 0 Å². The van der Waals surface area contributed by atoms with Gasteiger partial charge in [0.2, 0.25) is 0 Å². The van der Waals surface area contributed by atoms with Gasteiger partial charge in [-0.25, -0.2) is 0 Å². The minimum Gasteiger partial charge on any atom is -0.309 e. The summed E-state index contributed by atoms with van der Waals surface area (Å²) in [5.41, 5.74) is 0.583. The van der Waals surface area contributed by atoms with E-state index in [4.69, 9.17) is 0 Å². The van der Waals surface area contributed by atoms with Crippen molar-refractivity contribution in [3.05, 3.63) is 0 Å². The molecule has 0 saturated heterocycles. The van der Waals surface area contributed by atoms with Gasteiger partial charge in [0.05, 0.1) is 0 Å². The van der Waals surface area contributed by atoms with E-state index in [9.17, 15) is 0 Å². The van der Waals surface area contributed by atoms with Crippen molar-refractivity contribution in [2.75, 3.05) is 0 Å². The van der Waals surface area contributed by atoms with Gasteiger partial charge in [0, 0.05) is 11.6 Å². The third kappa shape index (κ3) is 6.66. The molecule has 1 N–H and O–H groups in total. The Morgan fingerprint density at radius 1 is 0.917 bits per heavy atom. The summed E-state index contributed by atoms with van der Waals surface area (Å²) < 4.78 is 0. The largest absolute Gasteiger partial charge is 0.309 e. The first-order chi connectivity index (χ1) is 4.63. The van der Waals surface area contributed by atoms with Gasteiger partial charge < -0.3 is 5.32 Å². The average Bonchev–Trinajstić information content (AvgIpc) is 1.56. The zero-order chi connectivity index (χ0) is 9.28. The highest BCUT2D eigenvalue weighted by molar-refractivity contribution is 4.82. The van der Waals surface area contributed by atoms with Gasteiger partial charge in [-0.1, -0.05) is 28.2 Å². The smallest absolute Gasteiger partial charge is 0.00992 e. The van der Waals surface area contributed by atoms with Gasteiger partial charge in [0.1, 0.15) is 0 Å². The van der Waals surface area contributed by atoms with Gasteiger partial charge in [-0.05, 0) is 33.1 Å². The first kappa shape index (κ1) is 14.5. The molecule has 1 nitrogen and oxygen atoms in total. The fraction of sp³-hybridized carbons (Fsp3) is 1.00. The van der Waals surface area contributed by atoms with Crippen molar-refractivity contribution in [2.24, 2.45) is 5.41 Å². The summed E-state index contributed by atoms with van der Waals surface area (Å²) >= 11 is 0. The standard InChI is InChI=1S/C10H23N.CH4/c1-8(9(2,3)4)11-10(5,6)7;/h8,11H,1-7H3;1H4. The van der Waals surface area contributed by atoms with Crippen molar-refractivity contribution >= 4 is 0 Å². The Hall–Kier alpha value is -0.0400. The van der Waals surface area contributed by atoms with Crippen molar-refractivity contribution < 1.29 is 0 Å². The van der Waals surface area contributed by atoms with Gasteiger partial charge >= 0.3 is 0 Å². The molecule has 0 heterocycles. The Bertz CT molecular complexity index is 114. The van der Waals surface area contributed by atoms with Gasteiger partial charge in [-0.15, -0.1) is 0 Å². The van der Waals surface area contributed by atoms with Gasteiger partial charge in [-0.2, -0.15) is 0 Å². The molecule has 0 rings (SSSR count). The van der Waals surface area contributed by atoms with E-state index in [-0.39, 0.29) is 13.0 Å². The molecule has 0 bridgehead atoms. The lowest BCUT2D eigenvalue weighted by Crippen LogP contribution is -2.47. The predicted octanol–water partition coefficient (Wildman–Crippen LogP) is 3.45. The summed E-state index contributed by atoms with van der Waals surface area (Å²) in [7, 11) is 0. The Labute approximate surface area is 78.9 Å².